The summed E-state index contributed by atoms with van der Waals surface area (Å²) >= 11 is 0. The molecule has 0 aliphatic heterocycles. The molecule has 17 heavy (non-hydrogen) atoms. The molecule has 2 N–H and O–H groups in total. The summed E-state index contributed by atoms with van der Waals surface area (Å²) in [6.45, 7) is 0.549. The van der Waals surface area contributed by atoms with E-state index < -0.39 is 0 Å². The average Bonchev–Trinajstić information content (AvgIpc) is 2.79. The second-order valence-corrected chi connectivity index (χ2v) is 4.13. The summed E-state index contributed by atoms with van der Waals surface area (Å²) in [5.74, 6) is 0.787. The molecule has 0 aromatic carbocycles. The minimum atomic E-state index is -0.0440. The number of nitrogens with zero attached hydrogens (tertiary/aromatic N) is 1. The fourth-order valence-electron chi connectivity index (χ4n) is 1.56. The quantitative estimate of drug-likeness (QED) is 0.739. The Morgan fingerprint density at radius 2 is 2.35 bits per heavy atom. The smallest absolute Gasteiger partial charge is 0.220 e. The van der Waals surface area contributed by atoms with Crippen molar-refractivity contribution < 1.29 is 14.3 Å². The fraction of sp³-hybridized carbons (Fsp3) is 0.583. The third-order valence-electron chi connectivity index (χ3n) is 2.55. The van der Waals surface area contributed by atoms with Crippen molar-refractivity contribution in [2.45, 2.75) is 18.9 Å². The summed E-state index contributed by atoms with van der Waals surface area (Å²) in [6.07, 6.45) is 2.48. The number of hydrogen-bond acceptors (Lipinski definition) is 4. The number of nitrogens with one attached hydrogen (secondary N) is 1. The van der Waals surface area contributed by atoms with E-state index in [4.69, 9.17) is 9.52 Å². The van der Waals surface area contributed by atoms with Gasteiger partial charge in [0.25, 0.3) is 0 Å². The van der Waals surface area contributed by atoms with Crippen LogP contribution in [-0.4, -0.2) is 43.2 Å². The number of aliphatic hydroxyl groups is 1. The van der Waals surface area contributed by atoms with Gasteiger partial charge in [0.1, 0.15) is 5.76 Å². The molecule has 0 fully saturated rings. The molecule has 0 bridgehead atoms. The standard InChI is InChI=1S/C12H20N2O3/c1-14(2)10(11-5-4-8-17-11)9-13-12(16)6-3-7-15/h4-5,8,10,15H,3,6-7,9H2,1-2H3,(H,13,16). The highest BCUT2D eigenvalue weighted by molar-refractivity contribution is 5.75. The molecule has 0 spiro atoms. The molecule has 1 unspecified atom stereocenters. The van der Waals surface area contributed by atoms with Gasteiger partial charge in [0.15, 0.2) is 0 Å². The first-order valence-corrected chi connectivity index (χ1v) is 5.72. The predicted molar refractivity (Wildman–Crippen MR) is 64.5 cm³/mol. The van der Waals surface area contributed by atoms with Gasteiger partial charge in [-0.25, -0.2) is 0 Å². The van der Waals surface area contributed by atoms with Gasteiger partial charge in [0, 0.05) is 19.6 Å². The third-order valence-corrected chi connectivity index (χ3v) is 2.55. The Morgan fingerprint density at radius 1 is 1.59 bits per heavy atom. The number of likely N-dealkylation sites (N-methyl/N-ethyl adjacent to an activating group) is 1. The van der Waals surface area contributed by atoms with Crippen molar-refractivity contribution in [1.29, 1.82) is 0 Å². The molecule has 1 aromatic rings. The van der Waals surface area contributed by atoms with Crippen LogP contribution in [0.15, 0.2) is 22.8 Å². The SMILES string of the molecule is CN(C)C(CNC(=O)CCCO)c1ccco1. The number of carbonyl (C=O) groups excluding carboxylic acids is 1. The summed E-state index contributed by atoms with van der Waals surface area (Å²) in [5, 5.41) is 11.5. The fourth-order valence-corrected chi connectivity index (χ4v) is 1.56. The maximum atomic E-state index is 11.4. The zero-order chi connectivity index (χ0) is 12.7. The van der Waals surface area contributed by atoms with Crippen LogP contribution in [0, 0.1) is 0 Å². The van der Waals surface area contributed by atoms with Gasteiger partial charge in [0.2, 0.25) is 5.91 Å². The van der Waals surface area contributed by atoms with Crippen LogP contribution in [0.2, 0.25) is 0 Å². The molecule has 1 rings (SSSR count). The second-order valence-electron chi connectivity index (χ2n) is 4.13. The molecule has 0 radical (unpaired) electrons. The van der Waals surface area contributed by atoms with Crippen LogP contribution in [0.4, 0.5) is 0 Å². The highest BCUT2D eigenvalue weighted by Crippen LogP contribution is 2.17. The van der Waals surface area contributed by atoms with Gasteiger partial charge in [-0.3, -0.25) is 9.69 Å². The summed E-state index contributed by atoms with van der Waals surface area (Å²) in [6, 6.07) is 3.76. The Morgan fingerprint density at radius 3 is 2.88 bits per heavy atom. The molecular weight excluding hydrogens is 220 g/mol. The first kappa shape index (κ1) is 13.7. The molecule has 1 amide bonds. The van der Waals surface area contributed by atoms with Crippen LogP contribution in [0.1, 0.15) is 24.6 Å². The summed E-state index contributed by atoms with van der Waals surface area (Å²) in [4.78, 5) is 13.4. The van der Waals surface area contributed by atoms with E-state index in [1.807, 2.05) is 31.1 Å². The van der Waals surface area contributed by atoms with Crippen LogP contribution < -0.4 is 5.32 Å². The molecule has 0 aliphatic rings. The molecule has 1 atom stereocenters. The number of rotatable bonds is 7. The van der Waals surface area contributed by atoms with Crippen molar-refractivity contribution in [1.82, 2.24) is 10.2 Å². The van der Waals surface area contributed by atoms with Gasteiger partial charge in [0.05, 0.1) is 12.3 Å². The van der Waals surface area contributed by atoms with Crippen LogP contribution in [0.3, 0.4) is 0 Å². The van der Waals surface area contributed by atoms with Crippen LogP contribution >= 0.6 is 0 Å². The molecular formula is C12H20N2O3. The van der Waals surface area contributed by atoms with Gasteiger partial charge in [-0.15, -0.1) is 0 Å². The average molecular weight is 240 g/mol. The second kappa shape index (κ2) is 7.09. The largest absolute Gasteiger partial charge is 0.468 e. The Kier molecular flexibility index (Phi) is 5.72. The highest BCUT2D eigenvalue weighted by Gasteiger charge is 2.17. The van der Waals surface area contributed by atoms with E-state index in [2.05, 4.69) is 5.32 Å². The number of furan rings is 1. The van der Waals surface area contributed by atoms with E-state index in [9.17, 15) is 4.79 Å². The van der Waals surface area contributed by atoms with Crippen molar-refractivity contribution in [3.8, 4) is 0 Å². The number of hydrogen-bond donors (Lipinski definition) is 2. The summed E-state index contributed by atoms with van der Waals surface area (Å²) in [7, 11) is 3.88. The van der Waals surface area contributed by atoms with E-state index in [1.54, 1.807) is 6.26 Å². The molecule has 0 saturated carbocycles. The number of aliphatic hydroxyl groups excluding tert-OH is 1. The van der Waals surface area contributed by atoms with Crippen LogP contribution in [-0.2, 0) is 4.79 Å². The van der Waals surface area contributed by atoms with Gasteiger partial charge >= 0.3 is 0 Å². The Hall–Kier alpha value is -1.33. The third kappa shape index (κ3) is 4.58. The Labute approximate surface area is 101 Å². The lowest BCUT2D eigenvalue weighted by atomic mass is 10.2. The van der Waals surface area contributed by atoms with Crippen molar-refractivity contribution in [3.63, 3.8) is 0 Å². The summed E-state index contributed by atoms with van der Waals surface area (Å²) < 4.78 is 5.34. The van der Waals surface area contributed by atoms with Crippen molar-refractivity contribution in [2.24, 2.45) is 0 Å². The maximum Gasteiger partial charge on any atom is 0.220 e. The van der Waals surface area contributed by atoms with Crippen molar-refractivity contribution >= 4 is 5.91 Å². The number of amides is 1. The molecule has 0 aliphatic carbocycles. The van der Waals surface area contributed by atoms with E-state index >= 15 is 0 Å². The van der Waals surface area contributed by atoms with E-state index in [0.29, 0.717) is 19.4 Å². The molecule has 0 saturated heterocycles. The van der Waals surface area contributed by atoms with Crippen molar-refractivity contribution in [3.05, 3.63) is 24.2 Å². The van der Waals surface area contributed by atoms with Gasteiger partial charge < -0.3 is 14.8 Å². The molecule has 5 nitrogen and oxygen atoms in total. The topological polar surface area (TPSA) is 65.7 Å². The van der Waals surface area contributed by atoms with Crippen LogP contribution in [0.25, 0.3) is 0 Å². The van der Waals surface area contributed by atoms with Gasteiger partial charge in [-0.05, 0) is 32.6 Å². The molecule has 96 valence electrons. The Balaban J connectivity index is 2.43. The minimum absolute atomic E-state index is 0.0306. The molecule has 1 aromatic heterocycles. The van der Waals surface area contributed by atoms with E-state index in [-0.39, 0.29) is 18.6 Å². The zero-order valence-electron chi connectivity index (χ0n) is 10.3. The van der Waals surface area contributed by atoms with Gasteiger partial charge in [-0.2, -0.15) is 0 Å². The van der Waals surface area contributed by atoms with E-state index in [1.165, 1.54) is 0 Å². The van der Waals surface area contributed by atoms with Gasteiger partial charge in [-0.1, -0.05) is 0 Å². The predicted octanol–water partition coefficient (Wildman–Crippen LogP) is 0.771. The lowest BCUT2D eigenvalue weighted by Gasteiger charge is -2.22. The lowest BCUT2D eigenvalue weighted by molar-refractivity contribution is -0.121. The molecule has 1 heterocycles. The maximum absolute atomic E-state index is 11.4. The highest BCUT2D eigenvalue weighted by atomic mass is 16.3. The lowest BCUT2D eigenvalue weighted by Crippen LogP contribution is -2.34. The number of carbonyl (C=O) groups is 1. The minimum Gasteiger partial charge on any atom is -0.468 e. The van der Waals surface area contributed by atoms with Crippen molar-refractivity contribution in [2.75, 3.05) is 27.2 Å². The molecule has 5 heteroatoms. The first-order valence-electron chi connectivity index (χ1n) is 5.72. The van der Waals surface area contributed by atoms with Crippen LogP contribution in [0.5, 0.6) is 0 Å². The Bertz CT molecular complexity index is 323. The van der Waals surface area contributed by atoms with E-state index in [0.717, 1.165) is 5.76 Å². The zero-order valence-corrected chi connectivity index (χ0v) is 10.3. The monoisotopic (exact) mass is 240 g/mol. The first-order chi connectivity index (χ1) is 8.15. The summed E-state index contributed by atoms with van der Waals surface area (Å²) in [5.41, 5.74) is 0. The normalized spacial score (nSPS) is 12.7.